The molecule has 1 aromatic carbocycles. The second-order valence-corrected chi connectivity index (χ2v) is 7.07. The number of carbonyl (C=O) groups is 1. The summed E-state index contributed by atoms with van der Waals surface area (Å²) in [5.41, 5.74) is 4.45. The van der Waals surface area contributed by atoms with Crippen LogP contribution < -0.4 is 0 Å². The highest BCUT2D eigenvalue weighted by Gasteiger charge is 2.32. The van der Waals surface area contributed by atoms with Crippen LogP contribution in [-0.4, -0.2) is 30.3 Å². The van der Waals surface area contributed by atoms with Crippen molar-refractivity contribution < 1.29 is 9.32 Å². The van der Waals surface area contributed by atoms with Crippen molar-refractivity contribution in [1.82, 2.24) is 24.4 Å². The van der Waals surface area contributed by atoms with Gasteiger partial charge < -0.3 is 14.0 Å². The third kappa shape index (κ3) is 2.63. The van der Waals surface area contributed by atoms with Gasteiger partial charge in [0, 0.05) is 24.0 Å². The summed E-state index contributed by atoms with van der Waals surface area (Å²) < 4.78 is 9.06. The predicted octanol–water partition coefficient (Wildman–Crippen LogP) is 3.42. The van der Waals surface area contributed by atoms with E-state index < -0.39 is 0 Å². The van der Waals surface area contributed by atoms with Crippen LogP contribution in [0.2, 0.25) is 0 Å². The average Bonchev–Trinajstić information content (AvgIpc) is 3.44. The van der Waals surface area contributed by atoms with E-state index >= 15 is 0 Å². The zero-order valence-electron chi connectivity index (χ0n) is 15.7. The van der Waals surface area contributed by atoms with Gasteiger partial charge in [-0.2, -0.15) is 5.10 Å². The van der Waals surface area contributed by atoms with Crippen molar-refractivity contribution >= 4 is 5.91 Å². The first-order valence-corrected chi connectivity index (χ1v) is 9.14. The molecule has 0 bridgehead atoms. The largest absolute Gasteiger partial charge is 0.361 e. The molecule has 0 N–H and O–H groups in total. The van der Waals surface area contributed by atoms with Crippen LogP contribution in [0.4, 0.5) is 0 Å². The van der Waals surface area contributed by atoms with Crippen LogP contribution in [0.1, 0.15) is 33.1 Å². The van der Waals surface area contributed by atoms with Crippen LogP contribution in [0, 0.1) is 13.8 Å². The first-order chi connectivity index (χ1) is 13.6. The Morgan fingerprint density at radius 1 is 1.07 bits per heavy atom. The van der Waals surface area contributed by atoms with Gasteiger partial charge >= 0.3 is 0 Å². The van der Waals surface area contributed by atoms with Crippen molar-refractivity contribution in [3.63, 3.8) is 0 Å². The number of hydrogen-bond donors (Lipinski definition) is 0. The first-order valence-electron chi connectivity index (χ1n) is 9.14. The van der Waals surface area contributed by atoms with Gasteiger partial charge in [0.15, 0.2) is 5.69 Å². The molecule has 0 unspecified atom stereocenters. The van der Waals surface area contributed by atoms with Crippen molar-refractivity contribution in [3.8, 4) is 11.5 Å². The molecule has 0 aliphatic carbocycles. The van der Waals surface area contributed by atoms with E-state index in [0.29, 0.717) is 24.5 Å². The zero-order chi connectivity index (χ0) is 19.3. The summed E-state index contributed by atoms with van der Waals surface area (Å²) in [7, 11) is 0. The van der Waals surface area contributed by atoms with Crippen LogP contribution in [-0.2, 0) is 13.1 Å². The fourth-order valence-corrected chi connectivity index (χ4v) is 3.66. The molecule has 0 fully saturated rings. The van der Waals surface area contributed by atoms with Crippen molar-refractivity contribution in [1.29, 1.82) is 0 Å². The smallest absolute Gasteiger partial charge is 0.276 e. The first kappa shape index (κ1) is 16.6. The lowest BCUT2D eigenvalue weighted by atomic mass is 10.2. The van der Waals surface area contributed by atoms with Gasteiger partial charge in [0.1, 0.15) is 11.6 Å². The lowest BCUT2D eigenvalue weighted by molar-refractivity contribution is 0.0738. The molecule has 0 radical (unpaired) electrons. The molecule has 7 heteroatoms. The summed E-state index contributed by atoms with van der Waals surface area (Å²) >= 11 is 0. The van der Waals surface area contributed by atoms with E-state index in [0.717, 1.165) is 22.8 Å². The molecular weight excluding hydrogens is 354 g/mol. The maximum atomic E-state index is 12.8. The highest BCUT2D eigenvalue weighted by Crippen LogP contribution is 2.31. The van der Waals surface area contributed by atoms with Crippen LogP contribution >= 0.6 is 0 Å². The van der Waals surface area contributed by atoms with Gasteiger partial charge in [-0.05, 0) is 43.7 Å². The van der Waals surface area contributed by atoms with Gasteiger partial charge in [-0.3, -0.25) is 4.79 Å². The highest BCUT2D eigenvalue weighted by atomic mass is 16.5. The molecule has 0 spiro atoms. The van der Waals surface area contributed by atoms with Crippen molar-refractivity contribution in [2.75, 3.05) is 0 Å². The number of benzene rings is 1. The summed E-state index contributed by atoms with van der Waals surface area (Å²) in [6.07, 6.45) is 3.99. The third-order valence-corrected chi connectivity index (χ3v) is 4.96. The molecule has 140 valence electrons. The monoisotopic (exact) mass is 373 g/mol. The minimum atomic E-state index is -0.143. The maximum absolute atomic E-state index is 12.8. The van der Waals surface area contributed by atoms with Gasteiger partial charge in [-0.1, -0.05) is 17.3 Å². The van der Waals surface area contributed by atoms with E-state index in [4.69, 9.17) is 9.62 Å². The highest BCUT2D eigenvalue weighted by molar-refractivity contribution is 5.92. The van der Waals surface area contributed by atoms with E-state index in [9.17, 15) is 4.79 Å². The molecule has 1 aliphatic heterocycles. The quantitative estimate of drug-likeness (QED) is 0.552. The fourth-order valence-electron chi connectivity index (χ4n) is 3.66. The molecule has 0 saturated carbocycles. The minimum Gasteiger partial charge on any atom is -0.361 e. The van der Waals surface area contributed by atoms with Crippen LogP contribution in [0.3, 0.4) is 0 Å². The molecule has 28 heavy (non-hydrogen) atoms. The Bertz CT molecular complexity index is 1170. The number of hydrogen-bond acceptors (Lipinski definition) is 4. The Balaban J connectivity index is 1.56. The SMILES string of the molecule is Cc1cccc(-n2nc3c(c2-n2cccc2)CN(C(=O)c2cc(C)on2)C3)c1. The molecule has 4 heterocycles. The summed E-state index contributed by atoms with van der Waals surface area (Å²) in [6.45, 7) is 4.78. The van der Waals surface area contributed by atoms with Crippen LogP contribution in [0.15, 0.2) is 59.4 Å². The standard InChI is InChI=1S/C21H19N5O2/c1-14-6-5-7-16(10-14)26-20(24-8-3-4-9-24)17-12-25(13-19(17)22-26)21(27)18-11-15(2)28-23-18/h3-11H,12-13H2,1-2H3. The summed E-state index contributed by atoms with van der Waals surface area (Å²) in [4.78, 5) is 14.5. The minimum absolute atomic E-state index is 0.143. The van der Waals surface area contributed by atoms with Gasteiger partial charge in [0.05, 0.1) is 24.5 Å². The maximum Gasteiger partial charge on any atom is 0.276 e. The Morgan fingerprint density at radius 3 is 2.61 bits per heavy atom. The van der Waals surface area contributed by atoms with Crippen LogP contribution in [0.25, 0.3) is 11.5 Å². The molecule has 1 amide bonds. The van der Waals surface area contributed by atoms with Gasteiger partial charge in [0.25, 0.3) is 5.91 Å². The van der Waals surface area contributed by atoms with E-state index in [1.807, 2.05) is 45.9 Å². The third-order valence-electron chi connectivity index (χ3n) is 4.96. The van der Waals surface area contributed by atoms with Gasteiger partial charge in [-0.25, -0.2) is 4.68 Å². The number of aryl methyl sites for hydroxylation is 2. The lowest BCUT2D eigenvalue weighted by Gasteiger charge is -2.16. The fraction of sp³-hybridized carbons (Fsp3) is 0.190. The average molecular weight is 373 g/mol. The summed E-state index contributed by atoms with van der Waals surface area (Å²) in [5, 5.41) is 8.71. The Morgan fingerprint density at radius 2 is 1.89 bits per heavy atom. The van der Waals surface area contributed by atoms with E-state index in [-0.39, 0.29) is 5.91 Å². The normalized spacial score (nSPS) is 13.1. The molecule has 5 rings (SSSR count). The van der Waals surface area contributed by atoms with Gasteiger partial charge in [0.2, 0.25) is 0 Å². The van der Waals surface area contributed by atoms with Crippen molar-refractivity contribution in [2.24, 2.45) is 0 Å². The van der Waals surface area contributed by atoms with Crippen molar-refractivity contribution in [3.05, 3.63) is 83.1 Å². The van der Waals surface area contributed by atoms with Gasteiger partial charge in [-0.15, -0.1) is 0 Å². The lowest BCUT2D eigenvalue weighted by Crippen LogP contribution is -2.26. The predicted molar refractivity (Wildman–Crippen MR) is 102 cm³/mol. The number of aromatic nitrogens is 4. The number of fused-ring (bicyclic) bond motifs is 1. The van der Waals surface area contributed by atoms with Crippen molar-refractivity contribution in [2.45, 2.75) is 26.9 Å². The number of amides is 1. The molecule has 4 aromatic rings. The van der Waals surface area contributed by atoms with E-state index in [2.05, 4.69) is 24.2 Å². The molecular formula is C21H19N5O2. The second-order valence-electron chi connectivity index (χ2n) is 7.07. The summed E-state index contributed by atoms with van der Waals surface area (Å²) in [5.74, 6) is 1.44. The van der Waals surface area contributed by atoms with Crippen LogP contribution in [0.5, 0.6) is 0 Å². The number of nitrogens with zero attached hydrogens (tertiary/aromatic N) is 5. The topological polar surface area (TPSA) is 69.1 Å². The number of rotatable bonds is 3. The zero-order valence-corrected chi connectivity index (χ0v) is 15.7. The summed E-state index contributed by atoms with van der Waals surface area (Å²) in [6, 6.07) is 13.9. The van der Waals surface area contributed by atoms with E-state index in [1.165, 1.54) is 5.56 Å². The Labute approximate surface area is 161 Å². The molecule has 0 atom stereocenters. The molecule has 0 saturated heterocycles. The Hall–Kier alpha value is -3.61. The Kier molecular flexibility index (Phi) is 3.68. The van der Waals surface area contributed by atoms with E-state index in [1.54, 1.807) is 17.9 Å². The molecule has 7 nitrogen and oxygen atoms in total. The molecule has 1 aliphatic rings. The molecule has 3 aromatic heterocycles. The second kappa shape index (κ2) is 6.23. The number of carbonyl (C=O) groups excluding carboxylic acids is 1.